The maximum atomic E-state index is 12.1. The van der Waals surface area contributed by atoms with Crippen LogP contribution in [-0.4, -0.2) is 36.5 Å². The SMILES string of the molecule is Cc1ccc(CCCC(=O)N2CCNC(C)C2)cc1. The number of hydrogen-bond donors (Lipinski definition) is 1. The lowest BCUT2D eigenvalue weighted by molar-refractivity contribution is -0.132. The van der Waals surface area contributed by atoms with Crippen LogP contribution in [-0.2, 0) is 11.2 Å². The van der Waals surface area contributed by atoms with Crippen molar-refractivity contribution in [2.24, 2.45) is 0 Å². The van der Waals surface area contributed by atoms with E-state index in [-0.39, 0.29) is 0 Å². The molecule has 1 atom stereocenters. The second kappa shape index (κ2) is 6.71. The van der Waals surface area contributed by atoms with Gasteiger partial charge in [-0.2, -0.15) is 0 Å². The van der Waals surface area contributed by atoms with E-state index < -0.39 is 0 Å². The first kappa shape index (κ1) is 14.1. The van der Waals surface area contributed by atoms with E-state index in [2.05, 4.69) is 43.4 Å². The normalized spacial score (nSPS) is 19.5. The van der Waals surface area contributed by atoms with Crippen molar-refractivity contribution in [2.45, 2.75) is 39.2 Å². The number of hydrogen-bond acceptors (Lipinski definition) is 2. The molecule has 1 aromatic rings. The summed E-state index contributed by atoms with van der Waals surface area (Å²) >= 11 is 0. The first-order valence-electron chi connectivity index (χ1n) is 7.22. The quantitative estimate of drug-likeness (QED) is 0.899. The van der Waals surface area contributed by atoms with Gasteiger partial charge in [-0.25, -0.2) is 0 Å². The van der Waals surface area contributed by atoms with Gasteiger partial charge in [-0.05, 0) is 32.3 Å². The molecule has 0 saturated carbocycles. The van der Waals surface area contributed by atoms with Crippen LogP contribution in [0.4, 0.5) is 0 Å². The number of amides is 1. The van der Waals surface area contributed by atoms with Crippen LogP contribution >= 0.6 is 0 Å². The van der Waals surface area contributed by atoms with Gasteiger partial charge in [-0.3, -0.25) is 4.79 Å². The molecule has 3 heteroatoms. The van der Waals surface area contributed by atoms with Crippen LogP contribution in [0, 0.1) is 6.92 Å². The third-order valence-corrected chi connectivity index (χ3v) is 3.70. The van der Waals surface area contributed by atoms with Gasteiger partial charge < -0.3 is 10.2 Å². The van der Waals surface area contributed by atoms with Gasteiger partial charge in [0.15, 0.2) is 0 Å². The summed E-state index contributed by atoms with van der Waals surface area (Å²) in [7, 11) is 0. The van der Waals surface area contributed by atoms with Crippen molar-refractivity contribution in [2.75, 3.05) is 19.6 Å². The Morgan fingerprint density at radius 3 is 2.79 bits per heavy atom. The van der Waals surface area contributed by atoms with Crippen molar-refractivity contribution in [3.63, 3.8) is 0 Å². The van der Waals surface area contributed by atoms with Gasteiger partial charge in [-0.1, -0.05) is 29.8 Å². The molecular formula is C16H24N2O. The zero-order chi connectivity index (χ0) is 13.7. The summed E-state index contributed by atoms with van der Waals surface area (Å²) in [6.07, 6.45) is 2.61. The molecule has 1 fully saturated rings. The summed E-state index contributed by atoms with van der Waals surface area (Å²) in [5, 5.41) is 3.36. The summed E-state index contributed by atoms with van der Waals surface area (Å²) in [4.78, 5) is 14.1. The summed E-state index contributed by atoms with van der Waals surface area (Å²) in [6.45, 7) is 6.85. The molecule has 19 heavy (non-hydrogen) atoms. The molecule has 0 bridgehead atoms. The molecule has 3 nitrogen and oxygen atoms in total. The van der Waals surface area contributed by atoms with E-state index in [0.29, 0.717) is 18.4 Å². The summed E-state index contributed by atoms with van der Waals surface area (Å²) < 4.78 is 0. The molecule has 1 unspecified atom stereocenters. The van der Waals surface area contributed by atoms with Crippen LogP contribution in [0.2, 0.25) is 0 Å². The molecule has 1 aromatic carbocycles. The average Bonchev–Trinajstić information content (AvgIpc) is 2.41. The second-order valence-corrected chi connectivity index (χ2v) is 5.53. The number of rotatable bonds is 4. The Balaban J connectivity index is 1.73. The third-order valence-electron chi connectivity index (χ3n) is 3.70. The minimum absolute atomic E-state index is 0.306. The molecule has 1 N–H and O–H groups in total. The molecule has 0 spiro atoms. The van der Waals surface area contributed by atoms with Crippen molar-refractivity contribution in [1.82, 2.24) is 10.2 Å². The largest absolute Gasteiger partial charge is 0.340 e. The number of carbonyl (C=O) groups is 1. The van der Waals surface area contributed by atoms with Crippen LogP contribution < -0.4 is 5.32 Å². The van der Waals surface area contributed by atoms with Crippen LogP contribution in [0.15, 0.2) is 24.3 Å². The number of nitrogens with one attached hydrogen (secondary N) is 1. The zero-order valence-corrected chi connectivity index (χ0v) is 12.0. The van der Waals surface area contributed by atoms with Gasteiger partial charge in [0.25, 0.3) is 0 Å². The van der Waals surface area contributed by atoms with E-state index in [1.807, 2.05) is 4.90 Å². The molecule has 1 saturated heterocycles. The highest BCUT2D eigenvalue weighted by Crippen LogP contribution is 2.09. The van der Waals surface area contributed by atoms with Crippen LogP contribution in [0.3, 0.4) is 0 Å². The zero-order valence-electron chi connectivity index (χ0n) is 12.0. The average molecular weight is 260 g/mol. The number of aryl methyl sites for hydroxylation is 2. The summed E-state index contributed by atoms with van der Waals surface area (Å²) in [6, 6.07) is 9.01. The van der Waals surface area contributed by atoms with Crippen molar-refractivity contribution in [3.8, 4) is 0 Å². The molecule has 2 rings (SSSR count). The fourth-order valence-corrected chi connectivity index (χ4v) is 2.52. The first-order valence-corrected chi connectivity index (χ1v) is 7.22. The lowest BCUT2D eigenvalue weighted by Gasteiger charge is -2.32. The number of carbonyl (C=O) groups excluding carboxylic acids is 1. The van der Waals surface area contributed by atoms with E-state index in [0.717, 1.165) is 32.5 Å². The Kier molecular flexibility index (Phi) is 4.97. The minimum Gasteiger partial charge on any atom is -0.340 e. The van der Waals surface area contributed by atoms with Crippen molar-refractivity contribution >= 4 is 5.91 Å². The Bertz CT molecular complexity index is 413. The maximum Gasteiger partial charge on any atom is 0.222 e. The molecule has 1 aliphatic rings. The molecule has 0 aliphatic carbocycles. The smallest absolute Gasteiger partial charge is 0.222 e. The summed E-state index contributed by atoms with van der Waals surface area (Å²) in [5.74, 6) is 0.306. The Morgan fingerprint density at radius 2 is 2.11 bits per heavy atom. The predicted molar refractivity (Wildman–Crippen MR) is 78.2 cm³/mol. The standard InChI is InChI=1S/C16H24N2O/c1-13-6-8-15(9-7-13)4-3-5-16(19)18-11-10-17-14(2)12-18/h6-9,14,17H,3-5,10-12H2,1-2H3. The van der Waals surface area contributed by atoms with E-state index in [4.69, 9.17) is 0 Å². The predicted octanol–water partition coefficient (Wildman–Crippen LogP) is 2.14. The van der Waals surface area contributed by atoms with Gasteiger partial charge in [0.2, 0.25) is 5.91 Å². The highest BCUT2D eigenvalue weighted by molar-refractivity contribution is 5.76. The lowest BCUT2D eigenvalue weighted by atomic mass is 10.1. The van der Waals surface area contributed by atoms with Gasteiger partial charge >= 0.3 is 0 Å². The van der Waals surface area contributed by atoms with E-state index in [1.165, 1.54) is 11.1 Å². The van der Waals surface area contributed by atoms with Gasteiger partial charge in [0.05, 0.1) is 0 Å². The van der Waals surface area contributed by atoms with Crippen molar-refractivity contribution < 1.29 is 4.79 Å². The topological polar surface area (TPSA) is 32.3 Å². The molecule has 0 radical (unpaired) electrons. The maximum absolute atomic E-state index is 12.1. The molecular weight excluding hydrogens is 236 g/mol. The molecule has 1 aliphatic heterocycles. The van der Waals surface area contributed by atoms with Gasteiger partial charge in [0, 0.05) is 32.1 Å². The van der Waals surface area contributed by atoms with Crippen molar-refractivity contribution in [1.29, 1.82) is 0 Å². The van der Waals surface area contributed by atoms with Crippen LogP contribution in [0.25, 0.3) is 0 Å². The van der Waals surface area contributed by atoms with Crippen LogP contribution in [0.5, 0.6) is 0 Å². The van der Waals surface area contributed by atoms with E-state index in [1.54, 1.807) is 0 Å². The fraction of sp³-hybridized carbons (Fsp3) is 0.562. The molecule has 1 amide bonds. The monoisotopic (exact) mass is 260 g/mol. The number of nitrogens with zero attached hydrogens (tertiary/aromatic N) is 1. The Hall–Kier alpha value is -1.35. The highest BCUT2D eigenvalue weighted by Gasteiger charge is 2.19. The van der Waals surface area contributed by atoms with E-state index in [9.17, 15) is 4.79 Å². The molecule has 0 aromatic heterocycles. The Morgan fingerprint density at radius 1 is 1.37 bits per heavy atom. The Labute approximate surface area is 116 Å². The number of piperazine rings is 1. The third kappa shape index (κ3) is 4.35. The fourth-order valence-electron chi connectivity index (χ4n) is 2.52. The van der Waals surface area contributed by atoms with Gasteiger partial charge in [0.1, 0.15) is 0 Å². The van der Waals surface area contributed by atoms with Gasteiger partial charge in [-0.15, -0.1) is 0 Å². The lowest BCUT2D eigenvalue weighted by Crippen LogP contribution is -2.51. The summed E-state index contributed by atoms with van der Waals surface area (Å²) in [5.41, 5.74) is 2.61. The highest BCUT2D eigenvalue weighted by atomic mass is 16.2. The first-order chi connectivity index (χ1) is 9.15. The molecule has 104 valence electrons. The minimum atomic E-state index is 0.306. The van der Waals surface area contributed by atoms with E-state index >= 15 is 0 Å². The molecule has 1 heterocycles. The number of benzene rings is 1. The second-order valence-electron chi connectivity index (χ2n) is 5.53. The van der Waals surface area contributed by atoms with Crippen LogP contribution in [0.1, 0.15) is 30.9 Å². The van der Waals surface area contributed by atoms with Crippen molar-refractivity contribution in [3.05, 3.63) is 35.4 Å².